The summed E-state index contributed by atoms with van der Waals surface area (Å²) >= 11 is 0. The minimum absolute atomic E-state index is 0.137. The minimum Gasteiger partial charge on any atom is -0.480 e. The van der Waals surface area contributed by atoms with Crippen molar-refractivity contribution in [3.63, 3.8) is 0 Å². The van der Waals surface area contributed by atoms with Gasteiger partial charge in [0.1, 0.15) is 6.04 Å². The molecule has 2 N–H and O–H groups in total. The quantitative estimate of drug-likeness (QED) is 0.560. The average molecular weight is 527 g/mol. The van der Waals surface area contributed by atoms with Crippen LogP contribution in [0, 0.1) is 11.3 Å². The maximum absolute atomic E-state index is 12.0. The number of benzene rings is 1. The number of nitrogens with zero attached hydrogens (tertiary/aromatic N) is 2. The van der Waals surface area contributed by atoms with Gasteiger partial charge < -0.3 is 14.9 Å². The summed E-state index contributed by atoms with van der Waals surface area (Å²) in [5.41, 5.74) is 3.88. The molecule has 2 spiro atoms. The summed E-state index contributed by atoms with van der Waals surface area (Å²) in [5.74, 6) is 0.149. The highest BCUT2D eigenvalue weighted by molar-refractivity contribution is 5.82. The van der Waals surface area contributed by atoms with Crippen molar-refractivity contribution in [2.24, 2.45) is 11.3 Å². The lowest BCUT2D eigenvalue weighted by Gasteiger charge is -2.55. The molecule has 8 rings (SSSR count). The van der Waals surface area contributed by atoms with Gasteiger partial charge in [-0.1, -0.05) is 31.2 Å². The van der Waals surface area contributed by atoms with Crippen molar-refractivity contribution in [1.29, 1.82) is 0 Å². The Kier molecular flexibility index (Phi) is 5.13. The van der Waals surface area contributed by atoms with Gasteiger partial charge in [0.25, 0.3) is 0 Å². The standard InChI is InChI=1S/C33H38N2O4/c1-31-10-8-24-15-23-4-5-25(35-19-26(36)16-28(35)30(37)38)17-32(23)11-12-33(24,39-32)29(31)7-6-27(31)21-3-2-20-9-13-34-18-22(20)14-21/h2-3,8-9,13-15,18,25-29,36H,4-7,10-12,16-17,19H2,1H3,(H,37,38)/t25?,26?,27?,28?,29-,31-,32-,33-/m1/s1. The highest BCUT2D eigenvalue weighted by Crippen LogP contribution is 2.69. The number of aliphatic hydroxyl groups excluding tert-OH is 1. The second-order valence-corrected chi connectivity index (χ2v) is 13.5. The predicted octanol–water partition coefficient (Wildman–Crippen LogP) is 5.37. The zero-order valence-corrected chi connectivity index (χ0v) is 22.7. The Morgan fingerprint density at radius 3 is 2.92 bits per heavy atom. The number of hydrogen-bond acceptors (Lipinski definition) is 5. The maximum atomic E-state index is 12.0. The van der Waals surface area contributed by atoms with Gasteiger partial charge in [-0.3, -0.25) is 14.7 Å². The van der Waals surface area contributed by atoms with E-state index < -0.39 is 18.1 Å². The Hall–Kier alpha value is -2.54. The Morgan fingerprint density at radius 1 is 1.15 bits per heavy atom. The Bertz CT molecular complexity index is 1430. The first-order valence-electron chi connectivity index (χ1n) is 14.9. The third-order valence-electron chi connectivity index (χ3n) is 11.8. The number of β-amino-alcohol motifs (C(OH)–C–C–N with tert-alkyl or cyclic N) is 1. The molecule has 2 aromatic rings. The van der Waals surface area contributed by atoms with Gasteiger partial charge in [-0.15, -0.1) is 0 Å². The van der Waals surface area contributed by atoms with Gasteiger partial charge in [0.05, 0.1) is 17.3 Å². The molecular weight excluding hydrogens is 488 g/mol. The molecule has 204 valence electrons. The molecule has 2 saturated heterocycles. The third-order valence-corrected chi connectivity index (χ3v) is 11.8. The van der Waals surface area contributed by atoms with Crippen LogP contribution in [0.1, 0.15) is 76.2 Å². The third kappa shape index (κ3) is 3.31. The Balaban J connectivity index is 1.12. The summed E-state index contributed by atoms with van der Waals surface area (Å²) in [6.45, 7) is 2.96. The molecular formula is C33H38N2O4. The van der Waals surface area contributed by atoms with Crippen LogP contribution < -0.4 is 0 Å². The molecule has 6 nitrogen and oxygen atoms in total. The predicted molar refractivity (Wildman–Crippen MR) is 148 cm³/mol. The van der Waals surface area contributed by atoms with Crippen LogP contribution in [0.5, 0.6) is 0 Å². The number of aromatic nitrogens is 1. The largest absolute Gasteiger partial charge is 0.480 e. The van der Waals surface area contributed by atoms with E-state index in [0.717, 1.165) is 38.5 Å². The molecule has 39 heavy (non-hydrogen) atoms. The monoisotopic (exact) mass is 526 g/mol. The van der Waals surface area contributed by atoms with Crippen molar-refractivity contribution in [3.05, 3.63) is 65.5 Å². The molecule has 1 aromatic heterocycles. The molecule has 1 aromatic carbocycles. The highest BCUT2D eigenvalue weighted by atomic mass is 16.5. The molecule has 6 heteroatoms. The average Bonchev–Trinajstić information content (AvgIpc) is 3.59. The van der Waals surface area contributed by atoms with Gasteiger partial charge >= 0.3 is 5.97 Å². The Labute approximate surface area is 229 Å². The minimum atomic E-state index is -0.812. The van der Waals surface area contributed by atoms with E-state index in [0.29, 0.717) is 24.8 Å². The molecule has 2 bridgehead atoms. The second kappa shape index (κ2) is 8.25. The zero-order valence-electron chi connectivity index (χ0n) is 22.7. The number of aliphatic carboxylic acids is 1. The highest BCUT2D eigenvalue weighted by Gasteiger charge is 2.67. The normalized spacial score (nSPS) is 43.0. The summed E-state index contributed by atoms with van der Waals surface area (Å²) in [4.78, 5) is 18.4. The number of carbonyl (C=O) groups is 1. The summed E-state index contributed by atoms with van der Waals surface area (Å²) in [6.07, 6.45) is 16.8. The number of pyridine rings is 1. The van der Waals surface area contributed by atoms with Crippen LogP contribution in [0.2, 0.25) is 0 Å². The second-order valence-electron chi connectivity index (χ2n) is 13.5. The van der Waals surface area contributed by atoms with Gasteiger partial charge in [-0.2, -0.15) is 0 Å². The lowest BCUT2D eigenvalue weighted by molar-refractivity contribution is -0.150. The van der Waals surface area contributed by atoms with E-state index in [4.69, 9.17) is 4.74 Å². The van der Waals surface area contributed by atoms with E-state index in [1.807, 2.05) is 12.4 Å². The Morgan fingerprint density at radius 2 is 2.05 bits per heavy atom. The van der Waals surface area contributed by atoms with Gasteiger partial charge in [0, 0.05) is 36.8 Å². The number of carboxylic acid groups (broad SMARTS) is 1. The summed E-state index contributed by atoms with van der Waals surface area (Å²) < 4.78 is 7.44. The van der Waals surface area contributed by atoms with Crippen LogP contribution in [0.25, 0.3) is 10.8 Å². The summed E-state index contributed by atoms with van der Waals surface area (Å²) in [5, 5.41) is 22.6. The molecule has 3 aliphatic carbocycles. The van der Waals surface area contributed by atoms with Crippen molar-refractivity contribution < 1.29 is 19.7 Å². The molecule has 3 aliphatic heterocycles. The van der Waals surface area contributed by atoms with E-state index in [2.05, 4.69) is 53.2 Å². The number of rotatable bonds is 3. The summed E-state index contributed by atoms with van der Waals surface area (Å²) in [6, 6.07) is 8.59. The van der Waals surface area contributed by atoms with Crippen molar-refractivity contribution in [2.75, 3.05) is 6.54 Å². The van der Waals surface area contributed by atoms with Crippen LogP contribution >= 0.6 is 0 Å². The molecule has 2 saturated carbocycles. The van der Waals surface area contributed by atoms with E-state index in [9.17, 15) is 15.0 Å². The summed E-state index contributed by atoms with van der Waals surface area (Å²) in [7, 11) is 0. The smallest absolute Gasteiger partial charge is 0.321 e. The lowest BCUT2D eigenvalue weighted by Crippen LogP contribution is -2.56. The molecule has 0 radical (unpaired) electrons. The fourth-order valence-corrected chi connectivity index (χ4v) is 10.0. The maximum Gasteiger partial charge on any atom is 0.321 e. The number of allylic oxidation sites excluding steroid dienone is 1. The molecule has 8 atom stereocenters. The first-order valence-corrected chi connectivity index (χ1v) is 14.9. The molecule has 6 aliphatic rings. The van der Waals surface area contributed by atoms with Gasteiger partial charge in [0.2, 0.25) is 0 Å². The topological polar surface area (TPSA) is 82.9 Å². The molecule has 4 heterocycles. The number of fused-ring (bicyclic) bond motifs is 2. The van der Waals surface area contributed by atoms with Gasteiger partial charge in [0.15, 0.2) is 0 Å². The first-order chi connectivity index (χ1) is 18.8. The fourth-order valence-electron chi connectivity index (χ4n) is 10.0. The van der Waals surface area contributed by atoms with E-state index in [1.54, 1.807) is 0 Å². The van der Waals surface area contributed by atoms with Crippen LogP contribution in [-0.4, -0.2) is 62.0 Å². The number of hydrogen-bond donors (Lipinski definition) is 2. The van der Waals surface area contributed by atoms with Gasteiger partial charge in [-0.05, 0) is 103 Å². The number of ether oxygens (including phenoxy) is 1. The van der Waals surface area contributed by atoms with Crippen LogP contribution in [-0.2, 0) is 9.53 Å². The number of aliphatic hydroxyl groups is 1. The van der Waals surface area contributed by atoms with Crippen molar-refractivity contribution in [1.82, 2.24) is 9.88 Å². The van der Waals surface area contributed by atoms with E-state index >= 15 is 0 Å². The van der Waals surface area contributed by atoms with Crippen LogP contribution in [0.4, 0.5) is 0 Å². The zero-order chi connectivity index (χ0) is 26.6. The van der Waals surface area contributed by atoms with Crippen molar-refractivity contribution in [3.8, 4) is 0 Å². The lowest BCUT2D eigenvalue weighted by atomic mass is 9.58. The first kappa shape index (κ1) is 24.3. The van der Waals surface area contributed by atoms with Crippen LogP contribution in [0.15, 0.2) is 60.0 Å². The molecule has 4 unspecified atom stereocenters. The fraction of sp³-hybridized carbons (Fsp3) is 0.576. The molecule has 4 fully saturated rings. The van der Waals surface area contributed by atoms with Crippen LogP contribution in [0.3, 0.4) is 0 Å². The number of carboxylic acids is 1. The SMILES string of the molecule is C[C@]12CC=C3C=C4CCC(N5CC(O)CC5C(=O)O)C[C@]45CC[C@]3(O5)[C@@H]1CCC2c1ccc2ccncc2c1. The molecule has 0 amide bonds. The number of likely N-dealkylation sites (tertiary alicyclic amines) is 1. The van der Waals surface area contributed by atoms with Gasteiger partial charge in [-0.25, -0.2) is 0 Å². The van der Waals surface area contributed by atoms with Crippen molar-refractivity contribution in [2.45, 2.75) is 100 Å². The van der Waals surface area contributed by atoms with E-state index in [1.165, 1.54) is 40.3 Å². The van der Waals surface area contributed by atoms with E-state index in [-0.39, 0.29) is 22.7 Å². The van der Waals surface area contributed by atoms with Crippen molar-refractivity contribution >= 4 is 16.7 Å².